The van der Waals surface area contributed by atoms with E-state index in [0.29, 0.717) is 32.3 Å². The zero-order valence-corrected chi connectivity index (χ0v) is 17.8. The molecule has 0 spiro atoms. The Morgan fingerprint density at radius 2 is 1.44 bits per heavy atom. The first-order chi connectivity index (χ1) is 13.1. The summed E-state index contributed by atoms with van der Waals surface area (Å²) in [7, 11) is -2.74. The largest absolute Gasteiger partial charge is 0.501 e. The summed E-state index contributed by atoms with van der Waals surface area (Å²) in [6, 6.07) is 16.7. The quantitative estimate of drug-likeness (QED) is 0.396. The highest BCUT2D eigenvalue weighted by Crippen LogP contribution is 2.29. The highest BCUT2D eigenvalue weighted by Gasteiger charge is 2.40. The third kappa shape index (κ3) is 5.59. The molecule has 2 rings (SSSR count). The number of aryl methyl sites for hydroxylation is 1. The molecule has 4 nitrogen and oxygen atoms in total. The van der Waals surface area contributed by atoms with Crippen molar-refractivity contribution >= 4 is 14.6 Å². The summed E-state index contributed by atoms with van der Waals surface area (Å²) >= 11 is 0. The second kappa shape index (κ2) is 10.5. The van der Waals surface area contributed by atoms with E-state index in [1.807, 2.05) is 69.3 Å². The first-order valence-corrected chi connectivity index (χ1v) is 11.6. The number of Topliss-reactive ketones (excluding diaryl/α,β-unsaturated/α-hetero) is 1. The van der Waals surface area contributed by atoms with Gasteiger partial charge in [0.25, 0.3) is 0 Å². The molecule has 0 aliphatic heterocycles. The predicted molar refractivity (Wildman–Crippen MR) is 111 cm³/mol. The zero-order chi connectivity index (χ0) is 19.7. The fourth-order valence-electron chi connectivity index (χ4n) is 3.37. The van der Waals surface area contributed by atoms with Crippen molar-refractivity contribution in [2.75, 3.05) is 19.8 Å². The molecule has 0 aliphatic carbocycles. The molecule has 0 heterocycles. The Balaban J connectivity index is 2.36. The average Bonchev–Trinajstić information content (AvgIpc) is 2.67. The van der Waals surface area contributed by atoms with E-state index in [-0.39, 0.29) is 5.78 Å². The third-order valence-electron chi connectivity index (χ3n) is 4.38. The second-order valence-corrected chi connectivity index (χ2v) is 8.98. The topological polar surface area (TPSA) is 44.8 Å². The van der Waals surface area contributed by atoms with E-state index in [0.717, 1.165) is 22.3 Å². The van der Waals surface area contributed by atoms with Crippen LogP contribution in [0, 0.1) is 0 Å². The summed E-state index contributed by atoms with van der Waals surface area (Å²) in [4.78, 5) is 12.5. The number of rotatable bonds is 11. The van der Waals surface area contributed by atoms with Crippen LogP contribution in [0.4, 0.5) is 0 Å². The van der Waals surface area contributed by atoms with Crippen molar-refractivity contribution in [2.24, 2.45) is 0 Å². The Kier molecular flexibility index (Phi) is 8.38. The lowest BCUT2D eigenvalue weighted by molar-refractivity contribution is 0.0713. The smallest absolute Gasteiger partial charge is 0.374 e. The second-order valence-electron chi connectivity index (χ2n) is 6.24. The van der Waals surface area contributed by atoms with Gasteiger partial charge in [-0.05, 0) is 50.8 Å². The van der Waals surface area contributed by atoms with Crippen LogP contribution in [0.1, 0.15) is 43.6 Å². The normalized spacial score (nSPS) is 11.6. The number of ketones is 1. The molecule has 0 bridgehead atoms. The maximum absolute atomic E-state index is 12.5. The molecule has 0 saturated carbocycles. The van der Waals surface area contributed by atoms with Crippen LogP contribution in [0.5, 0.6) is 0 Å². The maximum Gasteiger partial charge on any atom is 0.501 e. The Labute approximate surface area is 163 Å². The van der Waals surface area contributed by atoms with Crippen LogP contribution in [0.3, 0.4) is 0 Å². The van der Waals surface area contributed by atoms with Gasteiger partial charge in [0.2, 0.25) is 0 Å². The molecule has 0 radical (unpaired) electrons. The van der Waals surface area contributed by atoms with Crippen molar-refractivity contribution in [2.45, 2.75) is 40.2 Å². The highest BCUT2D eigenvalue weighted by molar-refractivity contribution is 6.60. The van der Waals surface area contributed by atoms with E-state index >= 15 is 0 Å². The Bertz CT molecular complexity index is 713. The van der Waals surface area contributed by atoms with E-state index < -0.39 is 8.80 Å². The van der Waals surface area contributed by atoms with Crippen molar-refractivity contribution in [3.63, 3.8) is 0 Å². The SMILES string of the molecule is CCO[Si](CCc1cccc(-c2ccccc2)c1C(C)=O)(OCC)OCC. The van der Waals surface area contributed by atoms with E-state index in [4.69, 9.17) is 13.3 Å². The molecule has 2 aromatic carbocycles. The van der Waals surface area contributed by atoms with Gasteiger partial charge in [-0.3, -0.25) is 4.79 Å². The average molecular weight is 387 g/mol. The molecule has 146 valence electrons. The van der Waals surface area contributed by atoms with E-state index in [2.05, 4.69) is 0 Å². The lowest BCUT2D eigenvalue weighted by Crippen LogP contribution is -2.46. The molecule has 0 fully saturated rings. The molecule has 0 unspecified atom stereocenters. The molecular formula is C22H30O4Si. The number of hydrogen-bond acceptors (Lipinski definition) is 4. The standard InChI is InChI=1S/C22H30O4Si/c1-5-24-27(25-6-2,26-7-3)17-16-20-14-11-15-21(22(20)18(4)23)19-12-9-8-10-13-19/h8-15H,5-7,16-17H2,1-4H3. The molecule has 0 N–H and O–H groups in total. The number of carbonyl (C=O) groups is 1. The predicted octanol–water partition coefficient (Wildman–Crippen LogP) is 5.15. The van der Waals surface area contributed by atoms with Crippen LogP contribution in [0.15, 0.2) is 48.5 Å². The number of benzene rings is 2. The van der Waals surface area contributed by atoms with Gasteiger partial charge in [0, 0.05) is 31.4 Å². The van der Waals surface area contributed by atoms with E-state index in [1.165, 1.54) is 0 Å². The Morgan fingerprint density at radius 1 is 0.852 bits per heavy atom. The van der Waals surface area contributed by atoms with Crippen LogP contribution in [-0.4, -0.2) is 34.4 Å². The summed E-state index contributed by atoms with van der Waals surface area (Å²) in [5, 5.41) is 0. The molecule has 0 atom stereocenters. The molecule has 5 heteroatoms. The van der Waals surface area contributed by atoms with Crippen LogP contribution >= 0.6 is 0 Å². The molecule has 0 aliphatic rings. The Morgan fingerprint density at radius 3 is 1.96 bits per heavy atom. The summed E-state index contributed by atoms with van der Waals surface area (Å²) in [5.41, 5.74) is 3.81. The minimum Gasteiger partial charge on any atom is -0.374 e. The van der Waals surface area contributed by atoms with Crippen LogP contribution in [0.25, 0.3) is 11.1 Å². The first kappa shape index (κ1) is 21.5. The van der Waals surface area contributed by atoms with Crippen LogP contribution < -0.4 is 0 Å². The summed E-state index contributed by atoms with van der Waals surface area (Å²) in [6.07, 6.45) is 0.682. The van der Waals surface area contributed by atoms with Crippen molar-refractivity contribution in [1.82, 2.24) is 0 Å². The van der Waals surface area contributed by atoms with Crippen molar-refractivity contribution < 1.29 is 18.1 Å². The molecule has 27 heavy (non-hydrogen) atoms. The minimum atomic E-state index is -2.74. The molecule has 0 aromatic heterocycles. The van der Waals surface area contributed by atoms with Crippen LogP contribution in [0.2, 0.25) is 6.04 Å². The van der Waals surface area contributed by atoms with Gasteiger partial charge < -0.3 is 13.3 Å². The lowest BCUT2D eigenvalue weighted by Gasteiger charge is -2.28. The number of hydrogen-bond donors (Lipinski definition) is 0. The molecule has 0 saturated heterocycles. The number of carbonyl (C=O) groups excluding carboxylic acids is 1. The van der Waals surface area contributed by atoms with Gasteiger partial charge in [0.1, 0.15) is 0 Å². The van der Waals surface area contributed by atoms with Crippen molar-refractivity contribution in [3.8, 4) is 11.1 Å². The maximum atomic E-state index is 12.5. The highest BCUT2D eigenvalue weighted by atomic mass is 28.4. The van der Waals surface area contributed by atoms with Crippen molar-refractivity contribution in [1.29, 1.82) is 0 Å². The fourth-order valence-corrected chi connectivity index (χ4v) is 5.95. The molecular weight excluding hydrogens is 356 g/mol. The van der Waals surface area contributed by atoms with Gasteiger partial charge in [-0.25, -0.2) is 0 Å². The van der Waals surface area contributed by atoms with Crippen LogP contribution in [-0.2, 0) is 19.7 Å². The van der Waals surface area contributed by atoms with E-state index in [1.54, 1.807) is 6.92 Å². The first-order valence-electron chi connectivity index (χ1n) is 9.67. The van der Waals surface area contributed by atoms with Gasteiger partial charge >= 0.3 is 8.80 Å². The monoisotopic (exact) mass is 386 g/mol. The molecule has 0 amide bonds. The van der Waals surface area contributed by atoms with Gasteiger partial charge in [0.15, 0.2) is 5.78 Å². The van der Waals surface area contributed by atoms with E-state index in [9.17, 15) is 4.79 Å². The zero-order valence-electron chi connectivity index (χ0n) is 16.8. The van der Waals surface area contributed by atoms with Gasteiger partial charge in [-0.1, -0.05) is 48.5 Å². The molecule has 2 aromatic rings. The Hall–Kier alpha value is -1.79. The third-order valence-corrected chi connectivity index (χ3v) is 7.43. The minimum absolute atomic E-state index is 0.0703. The summed E-state index contributed by atoms with van der Waals surface area (Å²) in [6.45, 7) is 9.15. The summed E-state index contributed by atoms with van der Waals surface area (Å²) < 4.78 is 17.9. The lowest BCUT2D eigenvalue weighted by atomic mass is 9.92. The fraction of sp³-hybridized carbons (Fsp3) is 0.409. The van der Waals surface area contributed by atoms with Gasteiger partial charge in [-0.2, -0.15) is 0 Å². The summed E-state index contributed by atoms with van der Waals surface area (Å²) in [5.74, 6) is 0.0703. The van der Waals surface area contributed by atoms with Gasteiger partial charge in [-0.15, -0.1) is 0 Å². The van der Waals surface area contributed by atoms with Crippen molar-refractivity contribution in [3.05, 3.63) is 59.7 Å². The van der Waals surface area contributed by atoms with Gasteiger partial charge in [0.05, 0.1) is 0 Å².